The number of hydrogen-bond donors (Lipinski definition) is 2. The van der Waals surface area contributed by atoms with Crippen molar-refractivity contribution in [3.63, 3.8) is 0 Å². The molecule has 1 atom stereocenters. The molecule has 1 fully saturated rings. The number of carbonyl (C=O) groups is 2. The Kier molecular flexibility index (Phi) is 3.23. The number of carbonyl (C=O) groups excluding carboxylic acids is 2. The van der Waals surface area contributed by atoms with Crippen LogP contribution in [-0.4, -0.2) is 28.1 Å². The van der Waals surface area contributed by atoms with E-state index in [-0.39, 0.29) is 17.7 Å². The predicted molar refractivity (Wildman–Crippen MR) is 73.9 cm³/mol. The summed E-state index contributed by atoms with van der Waals surface area (Å²) in [5.74, 6) is -0.659. The lowest BCUT2D eigenvalue weighted by atomic mass is 9.90. The zero-order valence-electron chi connectivity index (χ0n) is 11.0. The first-order valence-electron chi connectivity index (χ1n) is 6.68. The van der Waals surface area contributed by atoms with Gasteiger partial charge in [-0.25, -0.2) is 0 Å². The second-order valence-corrected chi connectivity index (χ2v) is 5.00. The molecule has 1 unspecified atom stereocenters. The van der Waals surface area contributed by atoms with Gasteiger partial charge in [-0.2, -0.15) is 5.10 Å². The highest BCUT2D eigenvalue weighted by atomic mass is 16.2. The van der Waals surface area contributed by atoms with Gasteiger partial charge in [0, 0.05) is 24.5 Å². The quantitative estimate of drug-likeness (QED) is 0.797. The molecule has 3 rings (SSSR count). The van der Waals surface area contributed by atoms with Crippen LogP contribution in [0.3, 0.4) is 0 Å². The number of amides is 2. The summed E-state index contributed by atoms with van der Waals surface area (Å²) in [5, 5.41) is 7.77. The number of hydrogen-bond acceptors (Lipinski definition) is 4. The molecule has 6 heteroatoms. The van der Waals surface area contributed by atoms with Crippen LogP contribution in [0.1, 0.15) is 24.3 Å². The Hall–Kier alpha value is -2.21. The number of rotatable bonds is 3. The highest BCUT2D eigenvalue weighted by molar-refractivity contribution is 6.01. The number of nitrogens with zero attached hydrogens (tertiary/aromatic N) is 2. The fourth-order valence-corrected chi connectivity index (χ4v) is 2.57. The second-order valence-electron chi connectivity index (χ2n) is 5.00. The number of nitrogens with one attached hydrogen (secondary N) is 1. The predicted octanol–water partition coefficient (Wildman–Crippen LogP) is 0.515. The van der Waals surface area contributed by atoms with E-state index in [1.54, 1.807) is 4.68 Å². The maximum atomic E-state index is 11.9. The Morgan fingerprint density at radius 3 is 3.00 bits per heavy atom. The summed E-state index contributed by atoms with van der Waals surface area (Å²) in [6.07, 6.45) is 2.88. The van der Waals surface area contributed by atoms with Crippen molar-refractivity contribution in [1.82, 2.24) is 15.1 Å². The van der Waals surface area contributed by atoms with Gasteiger partial charge in [0.1, 0.15) is 0 Å². The Labute approximate surface area is 115 Å². The summed E-state index contributed by atoms with van der Waals surface area (Å²) < 4.78 is 1.80. The smallest absolute Gasteiger partial charge is 0.234 e. The molecular weight excluding hydrogens is 256 g/mol. The van der Waals surface area contributed by atoms with E-state index in [4.69, 9.17) is 5.73 Å². The van der Waals surface area contributed by atoms with Crippen molar-refractivity contribution in [2.24, 2.45) is 5.73 Å². The molecule has 1 aliphatic heterocycles. The van der Waals surface area contributed by atoms with Gasteiger partial charge in [-0.3, -0.25) is 19.6 Å². The molecule has 6 nitrogen and oxygen atoms in total. The minimum atomic E-state index is -0.255. The van der Waals surface area contributed by atoms with Crippen LogP contribution < -0.4 is 11.1 Å². The molecule has 1 saturated heterocycles. The topological polar surface area (TPSA) is 90.0 Å². The van der Waals surface area contributed by atoms with E-state index in [0.29, 0.717) is 25.9 Å². The summed E-state index contributed by atoms with van der Waals surface area (Å²) >= 11 is 0. The molecular formula is C14H16N4O2. The molecule has 0 aliphatic carbocycles. The number of imide groups is 1. The van der Waals surface area contributed by atoms with E-state index in [9.17, 15) is 9.59 Å². The average Bonchev–Trinajstić information content (AvgIpc) is 2.80. The van der Waals surface area contributed by atoms with Crippen LogP contribution in [0.2, 0.25) is 0 Å². The lowest BCUT2D eigenvalue weighted by Gasteiger charge is -2.20. The van der Waals surface area contributed by atoms with Gasteiger partial charge in [0.2, 0.25) is 11.8 Å². The standard InChI is InChI=1S/C14H16N4O2/c15-5-6-18-8-10-7-9(1-3-12(10)17-18)11-2-4-13(19)16-14(11)20/h1,3,7-8,11H,2,4-6,15H2,(H,16,19,20). The normalized spacial score (nSPS) is 19.4. The summed E-state index contributed by atoms with van der Waals surface area (Å²) in [6, 6.07) is 5.78. The van der Waals surface area contributed by atoms with Crippen molar-refractivity contribution in [3.8, 4) is 0 Å². The average molecular weight is 272 g/mol. The van der Waals surface area contributed by atoms with E-state index in [1.165, 1.54) is 0 Å². The third kappa shape index (κ3) is 2.30. The van der Waals surface area contributed by atoms with Crippen LogP contribution in [0.15, 0.2) is 24.4 Å². The molecule has 1 aromatic carbocycles. The summed E-state index contributed by atoms with van der Waals surface area (Å²) in [4.78, 5) is 23.1. The van der Waals surface area contributed by atoms with Gasteiger partial charge in [-0.15, -0.1) is 0 Å². The fourth-order valence-electron chi connectivity index (χ4n) is 2.57. The van der Waals surface area contributed by atoms with Crippen LogP contribution in [0.4, 0.5) is 0 Å². The van der Waals surface area contributed by atoms with Crippen molar-refractivity contribution < 1.29 is 9.59 Å². The van der Waals surface area contributed by atoms with Gasteiger partial charge >= 0.3 is 0 Å². The minimum Gasteiger partial charge on any atom is -0.329 e. The van der Waals surface area contributed by atoms with Crippen LogP contribution >= 0.6 is 0 Å². The molecule has 3 N–H and O–H groups in total. The Balaban J connectivity index is 1.92. The van der Waals surface area contributed by atoms with Crippen molar-refractivity contribution in [1.29, 1.82) is 0 Å². The monoisotopic (exact) mass is 272 g/mol. The molecule has 0 spiro atoms. The molecule has 2 aromatic rings. The maximum absolute atomic E-state index is 11.9. The Bertz CT molecular complexity index is 677. The first kappa shape index (κ1) is 12.8. The zero-order chi connectivity index (χ0) is 14.1. The first-order valence-corrected chi connectivity index (χ1v) is 6.68. The lowest BCUT2D eigenvalue weighted by molar-refractivity contribution is -0.134. The third-order valence-electron chi connectivity index (χ3n) is 3.58. The molecule has 1 aromatic heterocycles. The van der Waals surface area contributed by atoms with E-state index in [0.717, 1.165) is 16.5 Å². The number of fused-ring (bicyclic) bond motifs is 1. The molecule has 0 radical (unpaired) electrons. The molecule has 104 valence electrons. The molecule has 0 bridgehead atoms. The third-order valence-corrected chi connectivity index (χ3v) is 3.58. The van der Waals surface area contributed by atoms with Crippen LogP contribution in [0, 0.1) is 0 Å². The van der Waals surface area contributed by atoms with Crippen LogP contribution in [0.25, 0.3) is 10.9 Å². The van der Waals surface area contributed by atoms with Gasteiger partial charge in [-0.1, -0.05) is 6.07 Å². The fraction of sp³-hybridized carbons (Fsp3) is 0.357. The maximum Gasteiger partial charge on any atom is 0.234 e. The van der Waals surface area contributed by atoms with Crippen molar-refractivity contribution in [2.75, 3.05) is 6.54 Å². The number of aromatic nitrogens is 2. The van der Waals surface area contributed by atoms with Crippen molar-refractivity contribution in [2.45, 2.75) is 25.3 Å². The summed E-state index contributed by atoms with van der Waals surface area (Å²) in [7, 11) is 0. The largest absolute Gasteiger partial charge is 0.329 e. The lowest BCUT2D eigenvalue weighted by Crippen LogP contribution is -2.39. The highest BCUT2D eigenvalue weighted by Gasteiger charge is 2.28. The van der Waals surface area contributed by atoms with Crippen LogP contribution in [0.5, 0.6) is 0 Å². The van der Waals surface area contributed by atoms with E-state index in [1.807, 2.05) is 24.4 Å². The van der Waals surface area contributed by atoms with E-state index < -0.39 is 0 Å². The van der Waals surface area contributed by atoms with Gasteiger partial charge in [0.15, 0.2) is 0 Å². The molecule has 2 amide bonds. The Morgan fingerprint density at radius 2 is 2.25 bits per heavy atom. The highest BCUT2D eigenvalue weighted by Crippen LogP contribution is 2.27. The minimum absolute atomic E-state index is 0.192. The van der Waals surface area contributed by atoms with E-state index in [2.05, 4.69) is 10.4 Å². The number of benzene rings is 1. The number of piperidine rings is 1. The second kappa shape index (κ2) is 5.05. The Morgan fingerprint density at radius 1 is 1.40 bits per heavy atom. The van der Waals surface area contributed by atoms with Crippen molar-refractivity contribution in [3.05, 3.63) is 30.0 Å². The van der Waals surface area contributed by atoms with Gasteiger partial charge < -0.3 is 5.73 Å². The number of nitrogens with two attached hydrogens (primary N) is 1. The first-order chi connectivity index (χ1) is 9.67. The molecule has 0 saturated carbocycles. The summed E-state index contributed by atoms with van der Waals surface area (Å²) in [6.45, 7) is 1.20. The van der Waals surface area contributed by atoms with Gasteiger partial charge in [0.05, 0.1) is 18.0 Å². The zero-order valence-corrected chi connectivity index (χ0v) is 11.0. The van der Waals surface area contributed by atoms with Crippen LogP contribution in [-0.2, 0) is 16.1 Å². The van der Waals surface area contributed by atoms with E-state index >= 15 is 0 Å². The van der Waals surface area contributed by atoms with Gasteiger partial charge in [-0.05, 0) is 24.1 Å². The van der Waals surface area contributed by atoms with Gasteiger partial charge in [0.25, 0.3) is 0 Å². The molecule has 2 heterocycles. The molecule has 20 heavy (non-hydrogen) atoms. The summed E-state index contributed by atoms with van der Waals surface area (Å²) in [5.41, 5.74) is 7.32. The SMILES string of the molecule is NCCn1cc2cc(C3CCC(=O)NC3=O)ccc2n1. The van der Waals surface area contributed by atoms with Crippen molar-refractivity contribution >= 4 is 22.7 Å². The molecule has 1 aliphatic rings.